The lowest BCUT2D eigenvalue weighted by atomic mass is 10.1. The summed E-state index contributed by atoms with van der Waals surface area (Å²) in [6.07, 6.45) is 3.58. The number of fused-ring (bicyclic) bond motifs is 1. The molecule has 1 aliphatic carbocycles. The van der Waals surface area contributed by atoms with Gasteiger partial charge < -0.3 is 10.6 Å². The lowest BCUT2D eigenvalue weighted by molar-refractivity contribution is 0.237. The van der Waals surface area contributed by atoms with E-state index in [-0.39, 0.29) is 12.1 Å². The van der Waals surface area contributed by atoms with E-state index in [1.165, 1.54) is 11.1 Å². The van der Waals surface area contributed by atoms with E-state index in [0.717, 1.165) is 19.1 Å². The van der Waals surface area contributed by atoms with E-state index >= 15 is 0 Å². The predicted octanol–water partition coefficient (Wildman–Crippen LogP) is 0.912. The molecule has 1 aromatic rings. The third kappa shape index (κ3) is 5.02. The molecule has 1 unspecified atom stereocenters. The van der Waals surface area contributed by atoms with Gasteiger partial charge in [-0.25, -0.2) is 17.9 Å². The molecule has 1 atom stereocenters. The van der Waals surface area contributed by atoms with Crippen molar-refractivity contribution in [3.8, 4) is 0 Å². The fourth-order valence-corrected chi connectivity index (χ4v) is 2.98. The van der Waals surface area contributed by atoms with Crippen molar-refractivity contribution in [1.29, 1.82) is 0 Å². The smallest absolute Gasteiger partial charge is 0.315 e. The number of amides is 2. The first-order valence-corrected chi connectivity index (χ1v) is 8.91. The average Bonchev–Trinajstić information content (AvgIpc) is 2.81. The van der Waals surface area contributed by atoms with Crippen LogP contribution in [0.25, 0.3) is 0 Å². The van der Waals surface area contributed by atoms with Gasteiger partial charge in [0.15, 0.2) is 0 Å². The normalized spacial score (nSPS) is 17.3. The van der Waals surface area contributed by atoms with Crippen molar-refractivity contribution in [1.82, 2.24) is 15.4 Å². The van der Waals surface area contributed by atoms with Crippen molar-refractivity contribution in [2.75, 3.05) is 19.3 Å². The minimum absolute atomic E-state index is 0.0651. The Bertz CT molecular complexity index is 601. The van der Waals surface area contributed by atoms with Crippen molar-refractivity contribution >= 4 is 16.1 Å². The van der Waals surface area contributed by atoms with Crippen LogP contribution < -0.4 is 15.4 Å². The Morgan fingerprint density at radius 1 is 1.29 bits per heavy atom. The molecule has 0 aliphatic heterocycles. The third-order valence-corrected chi connectivity index (χ3v) is 4.17. The number of nitrogens with one attached hydrogen (secondary N) is 3. The van der Waals surface area contributed by atoms with E-state index < -0.39 is 10.0 Å². The molecule has 0 fully saturated rings. The zero-order valence-electron chi connectivity index (χ0n) is 12.1. The van der Waals surface area contributed by atoms with Gasteiger partial charge >= 0.3 is 6.03 Å². The Morgan fingerprint density at radius 3 is 2.81 bits per heavy atom. The van der Waals surface area contributed by atoms with Crippen LogP contribution in [0.2, 0.25) is 0 Å². The lowest BCUT2D eigenvalue weighted by Crippen LogP contribution is -2.38. The molecular weight excluding hydrogens is 290 g/mol. The summed E-state index contributed by atoms with van der Waals surface area (Å²) in [7, 11) is -3.16. The minimum atomic E-state index is -3.16. The minimum Gasteiger partial charge on any atom is -0.338 e. The van der Waals surface area contributed by atoms with Gasteiger partial charge in [-0.15, -0.1) is 0 Å². The van der Waals surface area contributed by atoms with Gasteiger partial charge in [0.05, 0.1) is 12.3 Å². The van der Waals surface area contributed by atoms with Gasteiger partial charge in [-0.3, -0.25) is 0 Å². The lowest BCUT2D eigenvalue weighted by Gasteiger charge is -2.14. The molecular formula is C14H21N3O3S. The molecule has 6 nitrogen and oxygen atoms in total. The Morgan fingerprint density at radius 2 is 2.05 bits per heavy atom. The topological polar surface area (TPSA) is 87.3 Å². The maximum absolute atomic E-state index is 11.8. The van der Waals surface area contributed by atoms with Crippen molar-refractivity contribution in [3.05, 3.63) is 35.4 Å². The second-order valence-corrected chi connectivity index (χ2v) is 7.04. The van der Waals surface area contributed by atoms with Crippen LogP contribution in [0.3, 0.4) is 0 Å². The predicted molar refractivity (Wildman–Crippen MR) is 81.5 cm³/mol. The molecule has 2 rings (SSSR count). The van der Waals surface area contributed by atoms with Gasteiger partial charge in [0.2, 0.25) is 10.0 Å². The molecule has 0 bridgehead atoms. The van der Waals surface area contributed by atoms with Crippen LogP contribution in [-0.2, 0) is 16.4 Å². The summed E-state index contributed by atoms with van der Waals surface area (Å²) in [6, 6.07) is 7.98. The van der Waals surface area contributed by atoms with E-state index in [0.29, 0.717) is 19.5 Å². The summed E-state index contributed by atoms with van der Waals surface area (Å²) < 4.78 is 24.1. The molecule has 1 aliphatic rings. The summed E-state index contributed by atoms with van der Waals surface area (Å²) >= 11 is 0. The van der Waals surface area contributed by atoms with E-state index in [9.17, 15) is 13.2 Å². The van der Waals surface area contributed by atoms with E-state index in [1.807, 2.05) is 18.2 Å². The van der Waals surface area contributed by atoms with Crippen LogP contribution in [0.4, 0.5) is 4.79 Å². The van der Waals surface area contributed by atoms with Gasteiger partial charge in [-0.1, -0.05) is 24.3 Å². The Kier molecular flexibility index (Phi) is 5.19. The van der Waals surface area contributed by atoms with E-state index in [2.05, 4.69) is 21.4 Å². The number of carbonyl (C=O) groups is 1. The SMILES string of the molecule is CS(=O)(=O)NCCCNC(=O)NC1CCc2ccccc21. The van der Waals surface area contributed by atoms with Crippen molar-refractivity contribution in [2.24, 2.45) is 0 Å². The molecule has 2 amide bonds. The van der Waals surface area contributed by atoms with E-state index in [1.54, 1.807) is 0 Å². The first-order chi connectivity index (χ1) is 9.96. The highest BCUT2D eigenvalue weighted by molar-refractivity contribution is 7.88. The first kappa shape index (κ1) is 15.8. The first-order valence-electron chi connectivity index (χ1n) is 7.02. The Hall–Kier alpha value is -1.60. The van der Waals surface area contributed by atoms with Crippen LogP contribution >= 0.6 is 0 Å². The number of sulfonamides is 1. The Labute approximate surface area is 125 Å². The van der Waals surface area contributed by atoms with Gasteiger partial charge in [-0.2, -0.15) is 0 Å². The number of carbonyl (C=O) groups excluding carboxylic acids is 1. The summed E-state index contributed by atoms with van der Waals surface area (Å²) in [6.45, 7) is 0.758. The van der Waals surface area contributed by atoms with Gasteiger partial charge in [0.1, 0.15) is 0 Å². The highest BCUT2D eigenvalue weighted by Crippen LogP contribution is 2.30. The molecule has 0 radical (unpaired) electrons. The van der Waals surface area contributed by atoms with Crippen LogP contribution in [0, 0.1) is 0 Å². The van der Waals surface area contributed by atoms with E-state index in [4.69, 9.17) is 0 Å². The van der Waals surface area contributed by atoms with Crippen LogP contribution in [-0.4, -0.2) is 33.8 Å². The molecule has 1 aromatic carbocycles. The molecule has 7 heteroatoms. The second kappa shape index (κ2) is 6.91. The Balaban J connectivity index is 1.69. The van der Waals surface area contributed by atoms with Crippen molar-refractivity contribution in [2.45, 2.75) is 25.3 Å². The molecule has 0 spiro atoms. The van der Waals surface area contributed by atoms with Crippen molar-refractivity contribution in [3.63, 3.8) is 0 Å². The molecule has 0 saturated carbocycles. The summed E-state index contributed by atoms with van der Waals surface area (Å²) in [4.78, 5) is 11.8. The fraction of sp³-hybridized carbons (Fsp3) is 0.500. The van der Waals surface area contributed by atoms with Gasteiger partial charge in [-0.05, 0) is 30.4 Å². The zero-order valence-corrected chi connectivity index (χ0v) is 12.9. The molecule has 116 valence electrons. The number of aryl methyl sites for hydroxylation is 1. The molecule has 0 aromatic heterocycles. The number of rotatable bonds is 6. The van der Waals surface area contributed by atoms with Crippen molar-refractivity contribution < 1.29 is 13.2 Å². The summed E-state index contributed by atoms with van der Waals surface area (Å²) in [5.41, 5.74) is 2.48. The number of urea groups is 1. The largest absolute Gasteiger partial charge is 0.338 e. The molecule has 0 heterocycles. The summed E-state index contributed by atoms with van der Waals surface area (Å²) in [5, 5.41) is 5.70. The van der Waals surface area contributed by atoms with Crippen LogP contribution in [0.1, 0.15) is 30.0 Å². The monoisotopic (exact) mass is 311 g/mol. The average molecular weight is 311 g/mol. The third-order valence-electron chi connectivity index (χ3n) is 3.44. The maximum Gasteiger partial charge on any atom is 0.315 e. The molecule has 3 N–H and O–H groups in total. The van der Waals surface area contributed by atoms with Crippen LogP contribution in [0.15, 0.2) is 24.3 Å². The second-order valence-electron chi connectivity index (χ2n) is 5.21. The van der Waals surface area contributed by atoms with Gasteiger partial charge in [0.25, 0.3) is 0 Å². The number of hydrogen-bond acceptors (Lipinski definition) is 3. The maximum atomic E-state index is 11.8. The standard InChI is InChI=1S/C14H21N3O3S/c1-21(19,20)16-10-4-9-15-14(18)17-13-8-7-11-5-2-3-6-12(11)13/h2-3,5-6,13,16H,4,7-10H2,1H3,(H2,15,17,18). The fourth-order valence-electron chi connectivity index (χ4n) is 2.46. The zero-order chi connectivity index (χ0) is 15.3. The quantitative estimate of drug-likeness (QED) is 0.683. The number of hydrogen-bond donors (Lipinski definition) is 3. The van der Waals surface area contributed by atoms with Crippen LogP contribution in [0.5, 0.6) is 0 Å². The number of benzene rings is 1. The molecule has 0 saturated heterocycles. The molecule has 21 heavy (non-hydrogen) atoms. The summed E-state index contributed by atoms with van der Waals surface area (Å²) in [5.74, 6) is 0. The van der Waals surface area contributed by atoms with Gasteiger partial charge in [0, 0.05) is 13.1 Å². The highest BCUT2D eigenvalue weighted by Gasteiger charge is 2.22. The highest BCUT2D eigenvalue weighted by atomic mass is 32.2.